The van der Waals surface area contributed by atoms with Gasteiger partial charge in [0.1, 0.15) is 5.78 Å². The van der Waals surface area contributed by atoms with Gasteiger partial charge in [0, 0.05) is 37.0 Å². The summed E-state index contributed by atoms with van der Waals surface area (Å²) in [7, 11) is -3.37. The van der Waals surface area contributed by atoms with Crippen LogP contribution >= 0.6 is 0 Å². The van der Waals surface area contributed by atoms with Gasteiger partial charge in [-0.15, -0.1) is 0 Å². The number of hydrogen-bond donors (Lipinski definition) is 1. The highest BCUT2D eigenvalue weighted by Crippen LogP contribution is 2.30. The number of Topliss-reactive ketones (excluding diaryl/α,β-unsaturated/α-hetero) is 1. The first-order chi connectivity index (χ1) is 14.6. The fourth-order valence-corrected chi connectivity index (χ4v) is 5.02. The zero-order valence-corrected chi connectivity index (χ0v) is 19.7. The number of nitrogens with one attached hydrogen (secondary N) is 1. The average molecular weight is 450 g/mol. The number of carbonyl (C=O) groups is 1. The Kier molecular flexibility index (Phi) is 7.42. The number of likely N-dealkylation sites (tertiary alicyclic amines) is 1. The number of hydrogen-bond acceptors (Lipinski definition) is 5. The summed E-state index contributed by atoms with van der Waals surface area (Å²) in [5.74, 6) is 1.31. The number of aromatic nitrogens is 2. The molecule has 0 bridgehead atoms. The highest BCUT2D eigenvalue weighted by molar-refractivity contribution is 7.94. The molecular weight excluding hydrogens is 414 g/mol. The number of aromatic amines is 1. The lowest BCUT2D eigenvalue weighted by Gasteiger charge is -2.34. The topological polar surface area (TPSA) is 92.2 Å². The van der Waals surface area contributed by atoms with E-state index in [4.69, 9.17) is 0 Å². The molecule has 31 heavy (non-hydrogen) atoms. The van der Waals surface area contributed by atoms with Crippen LogP contribution in [0.2, 0.25) is 0 Å². The van der Waals surface area contributed by atoms with Gasteiger partial charge in [-0.2, -0.15) is 0 Å². The molecule has 1 aliphatic carbocycles. The quantitative estimate of drug-likeness (QED) is 0.646. The molecule has 1 N–H and O–H groups in total. The Labute approximate surface area is 185 Å². The molecule has 8 heteroatoms. The van der Waals surface area contributed by atoms with Crippen LogP contribution in [0.3, 0.4) is 0 Å². The average Bonchev–Trinajstić information content (AvgIpc) is 2.99. The van der Waals surface area contributed by atoms with Crippen molar-refractivity contribution in [2.24, 2.45) is 11.8 Å². The third-order valence-electron chi connectivity index (χ3n) is 6.83. The maximum absolute atomic E-state index is 12.7. The van der Waals surface area contributed by atoms with Crippen LogP contribution in [0.15, 0.2) is 22.4 Å². The zero-order valence-electron chi connectivity index (χ0n) is 18.9. The Morgan fingerprint density at radius 2 is 1.77 bits per heavy atom. The van der Waals surface area contributed by atoms with Gasteiger partial charge in [-0.1, -0.05) is 26.3 Å². The number of allylic oxidation sites excluding steroid dienone is 1. The highest BCUT2D eigenvalue weighted by atomic mass is 32.2. The third-order valence-corrected chi connectivity index (χ3v) is 7.92. The smallest absolute Gasteiger partial charge is 0.310 e. The van der Waals surface area contributed by atoms with E-state index in [2.05, 4.69) is 23.4 Å². The van der Waals surface area contributed by atoms with E-state index in [0.29, 0.717) is 23.7 Å². The minimum absolute atomic E-state index is 0.0116. The standard InChI is InChI=1S/C23H35N3O4S/c1-16-5-8-19(9-6-16)22(27)15-25-13-11-20(12-14-25)26-21(18(3)24-23(26)28)10-7-17(2)31(4,29)30/h7,10,16,19-20H,2,5-6,8-9,11-15H2,1,3-4H3,(H,24,28)/b10-7-. The first kappa shape index (κ1) is 23.7. The lowest BCUT2D eigenvalue weighted by atomic mass is 9.81. The van der Waals surface area contributed by atoms with Crippen molar-refractivity contribution in [2.75, 3.05) is 25.9 Å². The fraction of sp³-hybridized carbons (Fsp3) is 0.652. The lowest BCUT2D eigenvalue weighted by Crippen LogP contribution is -2.41. The summed E-state index contributed by atoms with van der Waals surface area (Å²) in [6.07, 6.45) is 10.1. The molecule has 0 amide bonds. The first-order valence-electron chi connectivity index (χ1n) is 11.2. The number of rotatable bonds is 7. The lowest BCUT2D eigenvalue weighted by molar-refractivity contribution is -0.125. The summed E-state index contributed by atoms with van der Waals surface area (Å²) in [4.78, 5) is 30.3. The molecular formula is C23H35N3O4S. The number of ketones is 1. The van der Waals surface area contributed by atoms with Crippen molar-refractivity contribution in [1.82, 2.24) is 14.5 Å². The van der Waals surface area contributed by atoms with Crippen LogP contribution in [0.4, 0.5) is 0 Å². The minimum atomic E-state index is -3.37. The van der Waals surface area contributed by atoms with Crippen LogP contribution in [0, 0.1) is 18.8 Å². The van der Waals surface area contributed by atoms with Crippen molar-refractivity contribution in [3.8, 4) is 0 Å². The van der Waals surface area contributed by atoms with Crippen molar-refractivity contribution in [3.05, 3.63) is 39.4 Å². The molecule has 1 aromatic rings. The molecule has 0 atom stereocenters. The van der Waals surface area contributed by atoms with E-state index in [9.17, 15) is 18.0 Å². The van der Waals surface area contributed by atoms with Gasteiger partial charge in [0.25, 0.3) is 0 Å². The van der Waals surface area contributed by atoms with Gasteiger partial charge in [-0.25, -0.2) is 13.2 Å². The predicted molar refractivity (Wildman–Crippen MR) is 124 cm³/mol. The van der Waals surface area contributed by atoms with Crippen molar-refractivity contribution in [2.45, 2.75) is 58.4 Å². The maximum atomic E-state index is 12.7. The van der Waals surface area contributed by atoms with Crippen molar-refractivity contribution < 1.29 is 13.2 Å². The monoisotopic (exact) mass is 449 g/mol. The number of piperidine rings is 1. The largest absolute Gasteiger partial charge is 0.326 e. The van der Waals surface area contributed by atoms with Crippen molar-refractivity contribution >= 4 is 21.7 Å². The molecule has 2 fully saturated rings. The van der Waals surface area contributed by atoms with Gasteiger partial charge >= 0.3 is 5.69 Å². The Bertz CT molecular complexity index is 1000. The summed E-state index contributed by atoms with van der Waals surface area (Å²) in [6, 6.07) is 0.0190. The summed E-state index contributed by atoms with van der Waals surface area (Å²) in [6.45, 7) is 9.71. The van der Waals surface area contributed by atoms with E-state index < -0.39 is 9.84 Å². The molecule has 1 aromatic heterocycles. The highest BCUT2D eigenvalue weighted by Gasteiger charge is 2.29. The summed E-state index contributed by atoms with van der Waals surface area (Å²) in [5.41, 5.74) is 1.19. The maximum Gasteiger partial charge on any atom is 0.326 e. The Morgan fingerprint density at radius 3 is 2.35 bits per heavy atom. The molecule has 2 aliphatic rings. The number of aryl methyl sites for hydroxylation is 1. The normalized spacial score (nSPS) is 24.0. The molecule has 1 aliphatic heterocycles. The molecule has 3 rings (SSSR count). The van der Waals surface area contributed by atoms with E-state index in [1.165, 1.54) is 6.08 Å². The van der Waals surface area contributed by atoms with Gasteiger partial charge in [-0.05, 0) is 50.7 Å². The van der Waals surface area contributed by atoms with Gasteiger partial charge in [0.2, 0.25) is 0 Å². The van der Waals surface area contributed by atoms with E-state index >= 15 is 0 Å². The number of carbonyl (C=O) groups excluding carboxylic acids is 1. The van der Waals surface area contributed by atoms with Crippen LogP contribution in [0.5, 0.6) is 0 Å². The number of sulfone groups is 1. The second kappa shape index (κ2) is 9.69. The molecule has 1 saturated heterocycles. The van der Waals surface area contributed by atoms with Gasteiger partial charge < -0.3 is 4.98 Å². The second-order valence-corrected chi connectivity index (χ2v) is 11.4. The minimum Gasteiger partial charge on any atom is -0.310 e. The van der Waals surface area contributed by atoms with Crippen LogP contribution in [-0.2, 0) is 14.6 Å². The van der Waals surface area contributed by atoms with Crippen molar-refractivity contribution in [3.63, 3.8) is 0 Å². The van der Waals surface area contributed by atoms with E-state index in [1.807, 2.05) is 0 Å². The Balaban J connectivity index is 1.63. The molecule has 2 heterocycles. The molecule has 7 nitrogen and oxygen atoms in total. The molecule has 172 valence electrons. The summed E-state index contributed by atoms with van der Waals surface area (Å²) < 4.78 is 25.0. The van der Waals surface area contributed by atoms with E-state index in [-0.39, 0.29) is 22.6 Å². The van der Waals surface area contributed by atoms with Crippen LogP contribution < -0.4 is 5.69 Å². The predicted octanol–water partition coefficient (Wildman–Crippen LogP) is 3.09. The van der Waals surface area contributed by atoms with Crippen LogP contribution in [0.1, 0.15) is 62.9 Å². The Hall–Kier alpha value is -1.93. The fourth-order valence-electron chi connectivity index (χ4n) is 4.71. The van der Waals surface area contributed by atoms with E-state index in [1.54, 1.807) is 17.6 Å². The Morgan fingerprint density at radius 1 is 1.16 bits per heavy atom. The molecule has 0 aromatic carbocycles. The van der Waals surface area contributed by atoms with Gasteiger partial charge in [0.15, 0.2) is 9.84 Å². The van der Waals surface area contributed by atoms with Crippen molar-refractivity contribution in [1.29, 1.82) is 0 Å². The second-order valence-electron chi connectivity index (χ2n) is 9.31. The molecule has 0 radical (unpaired) electrons. The summed E-state index contributed by atoms with van der Waals surface area (Å²) in [5, 5.41) is 0. The molecule has 0 spiro atoms. The van der Waals surface area contributed by atoms with Crippen LogP contribution in [0.25, 0.3) is 6.08 Å². The third kappa shape index (κ3) is 5.86. The van der Waals surface area contributed by atoms with Gasteiger partial charge in [-0.3, -0.25) is 14.3 Å². The van der Waals surface area contributed by atoms with E-state index in [0.717, 1.165) is 63.8 Å². The molecule has 0 unspecified atom stereocenters. The number of imidazole rings is 1. The SMILES string of the molecule is C=C(/C=C\c1c(C)[nH]c(=O)n1C1CCN(CC(=O)C2CCC(C)CC2)CC1)S(C)(=O)=O. The van der Waals surface area contributed by atoms with Gasteiger partial charge in [0.05, 0.1) is 17.1 Å². The number of nitrogens with zero attached hydrogens (tertiary/aromatic N) is 2. The van der Waals surface area contributed by atoms with Crippen LogP contribution in [-0.4, -0.2) is 54.5 Å². The molecule has 1 saturated carbocycles. The summed E-state index contributed by atoms with van der Waals surface area (Å²) >= 11 is 0. The number of H-pyrrole nitrogens is 1. The zero-order chi connectivity index (χ0) is 22.8. The first-order valence-corrected chi connectivity index (χ1v) is 13.1.